The standard InChI is InChI=1S/C21H16N2O4/c24-20-12-6-2-4-8-17(12)27-10-14(20)19-18-13(9-16(23-19)21(25)26)11-5-1-3-7-15(11)22-18/h1-8,10,16,19,22-23H,9H2,(H,25,26)/t16-,19+/m1/s1. The van der Waals surface area contributed by atoms with E-state index in [2.05, 4.69) is 4.98 Å². The summed E-state index contributed by atoms with van der Waals surface area (Å²) < 4.78 is 5.66. The predicted octanol–water partition coefficient (Wildman–Crippen LogP) is 0.602. The Labute approximate surface area is 153 Å². The highest BCUT2D eigenvalue weighted by atomic mass is 16.4. The summed E-state index contributed by atoms with van der Waals surface area (Å²) in [5.41, 5.74) is 3.46. The maximum Gasteiger partial charge on any atom is 0.202 e. The normalized spacial score (nSPS) is 19.3. The number of carboxylic acid groups (broad SMARTS) is 1. The molecule has 1 aliphatic heterocycles. The second kappa shape index (κ2) is 5.82. The van der Waals surface area contributed by atoms with Crippen LogP contribution < -0.4 is 15.9 Å². The number of aromatic amines is 1. The third-order valence-electron chi connectivity index (χ3n) is 5.35. The minimum Gasteiger partial charge on any atom is -0.544 e. The highest BCUT2D eigenvalue weighted by Crippen LogP contribution is 2.31. The maximum atomic E-state index is 13.1. The first-order valence-electron chi connectivity index (χ1n) is 8.79. The molecule has 0 radical (unpaired) electrons. The molecule has 6 heteroatoms. The van der Waals surface area contributed by atoms with Crippen LogP contribution in [0.15, 0.2) is 64.0 Å². The van der Waals surface area contributed by atoms with Crippen LogP contribution in [0.4, 0.5) is 0 Å². The number of nitrogens with two attached hydrogens (primary N) is 1. The number of carbonyl (C=O) groups excluding carboxylic acids is 1. The molecule has 2 atom stereocenters. The van der Waals surface area contributed by atoms with Crippen LogP contribution in [0.2, 0.25) is 0 Å². The lowest BCUT2D eigenvalue weighted by molar-refractivity contribution is -0.717. The van der Waals surface area contributed by atoms with Crippen molar-refractivity contribution in [3.05, 3.63) is 81.8 Å². The number of fused-ring (bicyclic) bond motifs is 4. The highest BCUT2D eigenvalue weighted by molar-refractivity contribution is 5.86. The summed E-state index contributed by atoms with van der Waals surface area (Å²) in [6.45, 7) is 0. The van der Waals surface area contributed by atoms with Crippen molar-refractivity contribution in [2.75, 3.05) is 0 Å². The van der Waals surface area contributed by atoms with Gasteiger partial charge in [0, 0.05) is 17.3 Å². The molecule has 0 fully saturated rings. The minimum atomic E-state index is -1.14. The summed E-state index contributed by atoms with van der Waals surface area (Å²) in [6.07, 6.45) is 1.79. The molecule has 4 aromatic rings. The molecule has 0 bridgehead atoms. The van der Waals surface area contributed by atoms with E-state index in [1.807, 2.05) is 24.3 Å². The van der Waals surface area contributed by atoms with Gasteiger partial charge in [0.2, 0.25) is 5.43 Å². The summed E-state index contributed by atoms with van der Waals surface area (Å²) >= 11 is 0. The Kier molecular flexibility index (Phi) is 3.42. The van der Waals surface area contributed by atoms with Gasteiger partial charge in [-0.15, -0.1) is 0 Å². The van der Waals surface area contributed by atoms with E-state index in [1.165, 1.54) is 6.26 Å². The van der Waals surface area contributed by atoms with Crippen molar-refractivity contribution in [1.82, 2.24) is 4.98 Å². The molecule has 1 aliphatic rings. The Bertz CT molecular complexity index is 1250. The SMILES string of the molecule is O=C([O-])[C@H]1Cc2c([nH]c3ccccc23)[C@H](c2coc3ccccc3c2=O)[NH2+]1. The number of nitrogens with one attached hydrogen (secondary N) is 1. The van der Waals surface area contributed by atoms with Gasteiger partial charge in [-0.3, -0.25) is 4.79 Å². The first-order chi connectivity index (χ1) is 13.1. The predicted molar refractivity (Wildman–Crippen MR) is 97.1 cm³/mol. The lowest BCUT2D eigenvalue weighted by Gasteiger charge is -2.28. The topological polar surface area (TPSA) is 103 Å². The average Bonchev–Trinajstić information content (AvgIpc) is 3.07. The molecule has 3 heterocycles. The van der Waals surface area contributed by atoms with E-state index in [0.29, 0.717) is 23.0 Å². The van der Waals surface area contributed by atoms with Crippen molar-refractivity contribution in [2.45, 2.75) is 18.5 Å². The molecule has 27 heavy (non-hydrogen) atoms. The average molecular weight is 360 g/mol. The molecule has 0 aliphatic carbocycles. The third kappa shape index (κ3) is 2.38. The van der Waals surface area contributed by atoms with Crippen LogP contribution in [-0.2, 0) is 11.2 Å². The fraction of sp³-hybridized carbons (Fsp3) is 0.143. The van der Waals surface area contributed by atoms with Crippen LogP contribution in [0.1, 0.15) is 22.9 Å². The minimum absolute atomic E-state index is 0.151. The third-order valence-corrected chi connectivity index (χ3v) is 5.35. The van der Waals surface area contributed by atoms with Crippen LogP contribution in [-0.4, -0.2) is 17.0 Å². The first kappa shape index (κ1) is 15.8. The highest BCUT2D eigenvalue weighted by Gasteiger charge is 2.36. The molecular formula is C21H16N2O4. The smallest absolute Gasteiger partial charge is 0.202 e. The Morgan fingerprint density at radius 1 is 1.11 bits per heavy atom. The number of hydrogen-bond acceptors (Lipinski definition) is 4. The zero-order valence-corrected chi connectivity index (χ0v) is 14.3. The summed E-state index contributed by atoms with van der Waals surface area (Å²) in [4.78, 5) is 28.1. The number of carboxylic acids is 1. The summed E-state index contributed by atoms with van der Waals surface area (Å²) in [7, 11) is 0. The number of quaternary nitrogens is 1. The molecule has 2 aromatic heterocycles. The van der Waals surface area contributed by atoms with Gasteiger partial charge in [-0.25, -0.2) is 0 Å². The van der Waals surface area contributed by atoms with Gasteiger partial charge in [-0.1, -0.05) is 30.3 Å². The van der Waals surface area contributed by atoms with Gasteiger partial charge in [0.05, 0.1) is 22.6 Å². The number of carbonyl (C=O) groups is 1. The van der Waals surface area contributed by atoms with Crippen LogP contribution in [0.3, 0.4) is 0 Å². The molecule has 5 rings (SSSR count). The van der Waals surface area contributed by atoms with Crippen molar-refractivity contribution < 1.29 is 19.6 Å². The lowest BCUT2D eigenvalue weighted by atomic mass is 9.90. The molecule has 0 saturated heterocycles. The fourth-order valence-corrected chi connectivity index (χ4v) is 4.05. The fourth-order valence-electron chi connectivity index (χ4n) is 4.05. The second-order valence-electron chi connectivity index (χ2n) is 6.88. The maximum absolute atomic E-state index is 13.1. The first-order valence-corrected chi connectivity index (χ1v) is 8.79. The monoisotopic (exact) mass is 360 g/mol. The van der Waals surface area contributed by atoms with E-state index < -0.39 is 18.1 Å². The van der Waals surface area contributed by atoms with Gasteiger partial charge in [0.15, 0.2) is 6.04 Å². The molecule has 0 unspecified atom stereocenters. The van der Waals surface area contributed by atoms with Gasteiger partial charge in [0.25, 0.3) is 0 Å². The molecule has 134 valence electrons. The van der Waals surface area contributed by atoms with Gasteiger partial charge >= 0.3 is 0 Å². The van der Waals surface area contributed by atoms with Crippen LogP contribution in [0, 0.1) is 0 Å². The van der Waals surface area contributed by atoms with E-state index in [1.54, 1.807) is 29.6 Å². The summed E-state index contributed by atoms with van der Waals surface area (Å²) in [5, 5.41) is 14.8. The molecule has 0 saturated carbocycles. The number of rotatable bonds is 2. The number of aromatic nitrogens is 1. The zero-order chi connectivity index (χ0) is 18.5. The summed E-state index contributed by atoms with van der Waals surface area (Å²) in [5.74, 6) is -1.14. The Hall–Kier alpha value is -3.38. The lowest BCUT2D eigenvalue weighted by Crippen LogP contribution is -2.96. The van der Waals surface area contributed by atoms with E-state index >= 15 is 0 Å². The van der Waals surface area contributed by atoms with Crippen molar-refractivity contribution in [3.8, 4) is 0 Å². The van der Waals surface area contributed by atoms with E-state index in [4.69, 9.17) is 4.42 Å². The largest absolute Gasteiger partial charge is 0.544 e. The van der Waals surface area contributed by atoms with Crippen molar-refractivity contribution >= 4 is 27.8 Å². The molecule has 0 amide bonds. The number of para-hydroxylation sites is 2. The van der Waals surface area contributed by atoms with Gasteiger partial charge in [0.1, 0.15) is 17.9 Å². The number of benzene rings is 2. The van der Waals surface area contributed by atoms with Gasteiger partial charge < -0.3 is 24.6 Å². The Morgan fingerprint density at radius 2 is 1.85 bits per heavy atom. The van der Waals surface area contributed by atoms with E-state index in [9.17, 15) is 14.7 Å². The second-order valence-corrected chi connectivity index (χ2v) is 6.88. The molecule has 0 spiro atoms. The number of hydrogen-bond donors (Lipinski definition) is 2. The molecular weight excluding hydrogens is 344 g/mol. The van der Waals surface area contributed by atoms with E-state index in [0.717, 1.165) is 22.2 Å². The molecule has 2 aromatic carbocycles. The van der Waals surface area contributed by atoms with E-state index in [-0.39, 0.29) is 5.43 Å². The number of H-pyrrole nitrogens is 1. The van der Waals surface area contributed by atoms with Crippen molar-refractivity contribution in [3.63, 3.8) is 0 Å². The molecule has 6 nitrogen and oxygen atoms in total. The van der Waals surface area contributed by atoms with Crippen LogP contribution in [0.5, 0.6) is 0 Å². The van der Waals surface area contributed by atoms with Crippen molar-refractivity contribution in [2.24, 2.45) is 0 Å². The van der Waals surface area contributed by atoms with Gasteiger partial charge in [-0.2, -0.15) is 0 Å². The zero-order valence-electron chi connectivity index (χ0n) is 14.3. The number of aliphatic carboxylic acids is 1. The van der Waals surface area contributed by atoms with Crippen LogP contribution in [0.25, 0.3) is 21.9 Å². The molecule has 3 N–H and O–H groups in total. The quantitative estimate of drug-likeness (QED) is 0.546. The van der Waals surface area contributed by atoms with Gasteiger partial charge in [-0.05, 0) is 23.8 Å². The summed E-state index contributed by atoms with van der Waals surface area (Å²) in [6, 6.07) is 13.5. The Balaban J connectivity index is 1.76. The Morgan fingerprint density at radius 3 is 2.67 bits per heavy atom. The van der Waals surface area contributed by atoms with Crippen molar-refractivity contribution in [1.29, 1.82) is 0 Å². The van der Waals surface area contributed by atoms with Crippen LogP contribution >= 0.6 is 0 Å².